The van der Waals surface area contributed by atoms with Crippen molar-refractivity contribution >= 4 is 11.7 Å². The van der Waals surface area contributed by atoms with E-state index >= 15 is 0 Å². The average molecular weight is 359 g/mol. The van der Waals surface area contributed by atoms with E-state index in [0.29, 0.717) is 5.56 Å². The number of benzene rings is 1. The lowest BCUT2D eigenvalue weighted by Crippen LogP contribution is -2.41. The fourth-order valence-corrected chi connectivity index (χ4v) is 3.03. The smallest absolute Gasteiger partial charge is 0.351 e. The molecule has 2 aromatic rings. The molecule has 9 nitrogen and oxygen atoms in total. The van der Waals surface area contributed by atoms with Crippen LogP contribution in [0.1, 0.15) is 16.6 Å². The second kappa shape index (κ2) is 6.96. The van der Waals surface area contributed by atoms with E-state index in [1.165, 1.54) is 16.8 Å². The number of ether oxygens (including phenoxy) is 3. The largest absolute Gasteiger partial charge is 0.386 e. The molecule has 1 amide bonds. The minimum absolute atomic E-state index is 0.0753. The topological polar surface area (TPSA) is 112 Å². The van der Waals surface area contributed by atoms with Gasteiger partial charge in [0.15, 0.2) is 6.23 Å². The Labute approximate surface area is 148 Å². The van der Waals surface area contributed by atoms with Crippen LogP contribution >= 0.6 is 0 Å². The molecular formula is C17H17N3O6. The Hall–Kier alpha value is -2.59. The summed E-state index contributed by atoms with van der Waals surface area (Å²) in [5, 5.41) is 12.9. The van der Waals surface area contributed by atoms with Crippen LogP contribution in [0.2, 0.25) is 0 Å². The maximum Gasteiger partial charge on any atom is 0.351 e. The van der Waals surface area contributed by atoms with E-state index in [0.717, 1.165) is 0 Å². The number of anilines is 1. The van der Waals surface area contributed by atoms with Crippen LogP contribution in [0.3, 0.4) is 0 Å². The van der Waals surface area contributed by atoms with Gasteiger partial charge in [-0.2, -0.15) is 4.98 Å². The lowest BCUT2D eigenvalue weighted by Gasteiger charge is -2.25. The predicted octanol–water partition coefficient (Wildman–Crippen LogP) is 0.127. The van der Waals surface area contributed by atoms with E-state index in [1.54, 1.807) is 30.3 Å². The van der Waals surface area contributed by atoms with Gasteiger partial charge in [0.1, 0.15) is 30.9 Å². The van der Waals surface area contributed by atoms with Gasteiger partial charge in [0, 0.05) is 11.8 Å². The predicted molar refractivity (Wildman–Crippen MR) is 88.5 cm³/mol. The third kappa shape index (κ3) is 3.13. The Morgan fingerprint density at radius 1 is 1.27 bits per heavy atom. The number of aliphatic hydroxyl groups is 1. The number of rotatable bonds is 3. The Morgan fingerprint density at radius 2 is 2.08 bits per heavy atom. The highest BCUT2D eigenvalue weighted by atomic mass is 16.7. The lowest BCUT2D eigenvalue weighted by molar-refractivity contribution is -0.189. The van der Waals surface area contributed by atoms with E-state index in [2.05, 4.69) is 10.3 Å². The van der Waals surface area contributed by atoms with E-state index in [-0.39, 0.29) is 25.1 Å². The maximum atomic E-state index is 12.3. The third-order valence-electron chi connectivity index (χ3n) is 4.32. The van der Waals surface area contributed by atoms with Gasteiger partial charge in [0.25, 0.3) is 5.91 Å². The van der Waals surface area contributed by atoms with Crippen molar-refractivity contribution in [3.05, 3.63) is 58.6 Å². The Morgan fingerprint density at radius 3 is 2.81 bits per heavy atom. The first-order chi connectivity index (χ1) is 12.6. The highest BCUT2D eigenvalue weighted by Gasteiger charge is 2.47. The quantitative estimate of drug-likeness (QED) is 0.801. The van der Waals surface area contributed by atoms with E-state index in [9.17, 15) is 14.7 Å². The van der Waals surface area contributed by atoms with Crippen LogP contribution in [-0.2, 0) is 14.2 Å². The van der Waals surface area contributed by atoms with Crippen molar-refractivity contribution in [2.24, 2.45) is 0 Å². The van der Waals surface area contributed by atoms with Crippen molar-refractivity contribution in [2.45, 2.75) is 24.5 Å². The maximum absolute atomic E-state index is 12.3. The van der Waals surface area contributed by atoms with E-state index < -0.39 is 30.2 Å². The fraction of sp³-hybridized carbons (Fsp3) is 0.353. The number of nitrogens with zero attached hydrogens (tertiary/aromatic N) is 2. The highest BCUT2D eigenvalue weighted by Crippen LogP contribution is 2.32. The van der Waals surface area contributed by atoms with Gasteiger partial charge >= 0.3 is 5.69 Å². The van der Waals surface area contributed by atoms with Gasteiger partial charge in [-0.05, 0) is 18.2 Å². The third-order valence-corrected chi connectivity index (χ3v) is 4.32. The van der Waals surface area contributed by atoms with E-state index in [1.807, 2.05) is 0 Å². The van der Waals surface area contributed by atoms with Gasteiger partial charge in [-0.25, -0.2) is 4.79 Å². The summed E-state index contributed by atoms with van der Waals surface area (Å²) >= 11 is 0. The summed E-state index contributed by atoms with van der Waals surface area (Å²) in [7, 11) is 0. The Kier molecular flexibility index (Phi) is 4.51. The highest BCUT2D eigenvalue weighted by molar-refractivity contribution is 6.03. The molecule has 4 atom stereocenters. The normalized spacial score (nSPS) is 27.7. The van der Waals surface area contributed by atoms with Gasteiger partial charge in [-0.15, -0.1) is 0 Å². The van der Waals surface area contributed by atoms with Gasteiger partial charge in [-0.1, -0.05) is 18.2 Å². The minimum Gasteiger partial charge on any atom is -0.386 e. The van der Waals surface area contributed by atoms with Gasteiger partial charge in [-0.3, -0.25) is 9.36 Å². The molecule has 0 radical (unpaired) electrons. The SMILES string of the molecule is O=C(Nc1ccn([C@@H]2O[C@H]3COCO[C@@H]3C2O)c(=O)n1)c1ccccc1. The minimum atomic E-state index is -1.02. The molecule has 1 unspecified atom stereocenters. The van der Waals surface area contributed by atoms with Crippen molar-refractivity contribution in [3.63, 3.8) is 0 Å². The molecule has 3 heterocycles. The molecule has 0 spiro atoms. The van der Waals surface area contributed by atoms with Crippen LogP contribution in [0, 0.1) is 0 Å². The Balaban J connectivity index is 1.51. The summed E-state index contributed by atoms with van der Waals surface area (Å²) in [6.07, 6.45) is -1.54. The molecule has 1 aromatic heterocycles. The van der Waals surface area contributed by atoms with Crippen LogP contribution in [0.25, 0.3) is 0 Å². The number of nitrogens with one attached hydrogen (secondary N) is 1. The summed E-state index contributed by atoms with van der Waals surface area (Å²) in [6, 6.07) is 10.1. The standard InChI is InChI=1S/C17H17N3O6/c21-13-14-11(8-24-9-25-14)26-16(13)20-7-6-12(19-17(20)23)18-15(22)10-4-2-1-3-5-10/h1-7,11,13-14,16,21H,8-9H2,(H,18,19,22,23)/t11-,13?,14-,16+/m0/s1. The summed E-state index contributed by atoms with van der Waals surface area (Å²) in [5.74, 6) is -0.256. The number of aliphatic hydroxyl groups excluding tert-OH is 1. The summed E-state index contributed by atoms with van der Waals surface area (Å²) < 4.78 is 17.3. The van der Waals surface area contributed by atoms with Crippen molar-refractivity contribution in [2.75, 3.05) is 18.7 Å². The zero-order chi connectivity index (χ0) is 18.1. The molecule has 2 aliphatic heterocycles. The monoisotopic (exact) mass is 359 g/mol. The lowest BCUT2D eigenvalue weighted by atomic mass is 10.1. The number of aromatic nitrogens is 2. The number of fused-ring (bicyclic) bond motifs is 1. The molecular weight excluding hydrogens is 342 g/mol. The average Bonchev–Trinajstić information content (AvgIpc) is 2.99. The molecule has 2 N–H and O–H groups in total. The van der Waals surface area contributed by atoms with Gasteiger partial charge in [0.2, 0.25) is 0 Å². The first-order valence-corrected chi connectivity index (χ1v) is 8.12. The number of carbonyl (C=O) groups is 1. The van der Waals surface area contributed by atoms with Gasteiger partial charge in [0.05, 0.1) is 6.61 Å². The van der Waals surface area contributed by atoms with Gasteiger partial charge < -0.3 is 24.6 Å². The molecule has 2 aliphatic rings. The fourth-order valence-electron chi connectivity index (χ4n) is 3.03. The van der Waals surface area contributed by atoms with Crippen LogP contribution in [0.5, 0.6) is 0 Å². The molecule has 2 saturated heterocycles. The molecule has 136 valence electrons. The summed E-state index contributed by atoms with van der Waals surface area (Å²) in [6.45, 7) is 0.359. The number of amides is 1. The van der Waals surface area contributed by atoms with Crippen molar-refractivity contribution in [1.82, 2.24) is 9.55 Å². The first kappa shape index (κ1) is 16.9. The van der Waals surface area contributed by atoms with Crippen molar-refractivity contribution in [3.8, 4) is 0 Å². The van der Waals surface area contributed by atoms with Crippen LogP contribution in [0.15, 0.2) is 47.4 Å². The number of hydrogen-bond acceptors (Lipinski definition) is 7. The second-order valence-corrected chi connectivity index (χ2v) is 6.00. The van der Waals surface area contributed by atoms with Crippen LogP contribution in [-0.4, -0.2) is 52.3 Å². The first-order valence-electron chi connectivity index (χ1n) is 8.12. The molecule has 0 aliphatic carbocycles. The molecule has 26 heavy (non-hydrogen) atoms. The summed E-state index contributed by atoms with van der Waals surface area (Å²) in [4.78, 5) is 28.3. The summed E-state index contributed by atoms with van der Waals surface area (Å²) in [5.41, 5.74) is -0.200. The van der Waals surface area contributed by atoms with Crippen LogP contribution < -0.4 is 11.0 Å². The zero-order valence-corrected chi connectivity index (χ0v) is 13.6. The Bertz CT molecular complexity index is 855. The number of carbonyl (C=O) groups excluding carboxylic acids is 1. The van der Waals surface area contributed by atoms with Crippen molar-refractivity contribution < 1.29 is 24.1 Å². The van der Waals surface area contributed by atoms with Crippen molar-refractivity contribution in [1.29, 1.82) is 0 Å². The molecule has 4 rings (SSSR count). The molecule has 9 heteroatoms. The molecule has 1 aromatic carbocycles. The number of hydrogen-bond donors (Lipinski definition) is 2. The molecule has 0 saturated carbocycles. The second-order valence-electron chi connectivity index (χ2n) is 6.00. The molecule has 0 bridgehead atoms. The zero-order valence-electron chi connectivity index (χ0n) is 13.6. The van der Waals surface area contributed by atoms with E-state index in [4.69, 9.17) is 14.2 Å². The van der Waals surface area contributed by atoms with Crippen LogP contribution in [0.4, 0.5) is 5.82 Å². The molecule has 2 fully saturated rings.